The number of carbonyl (C=O) groups is 3. The fourth-order valence-electron chi connectivity index (χ4n) is 4.99. The second-order valence-corrected chi connectivity index (χ2v) is 8.50. The van der Waals surface area contributed by atoms with Crippen LogP contribution < -0.4 is 5.32 Å². The summed E-state index contributed by atoms with van der Waals surface area (Å²) in [4.78, 5) is 42.0. The third kappa shape index (κ3) is 3.77. The van der Waals surface area contributed by atoms with Crippen molar-refractivity contribution in [2.75, 3.05) is 25.0 Å². The van der Waals surface area contributed by atoms with Crippen molar-refractivity contribution in [3.05, 3.63) is 29.8 Å². The number of nitriles is 1. The fraction of sp³-hybridized carbons (Fsp3) is 0.545. The van der Waals surface area contributed by atoms with E-state index in [-0.39, 0.29) is 35.9 Å². The molecule has 8 heteroatoms. The molecule has 0 aromatic heterocycles. The van der Waals surface area contributed by atoms with E-state index in [2.05, 4.69) is 16.3 Å². The number of benzene rings is 1. The molecule has 3 aliphatic rings. The minimum absolute atomic E-state index is 0.0233. The average Bonchev–Trinajstić information content (AvgIpc) is 3.45. The van der Waals surface area contributed by atoms with Gasteiger partial charge in [-0.2, -0.15) is 5.26 Å². The molecule has 4 rings (SSSR count). The summed E-state index contributed by atoms with van der Waals surface area (Å²) in [5.74, 6) is -0.0790. The SMILES string of the molecule is C[C@@H](CN1C[C@@H]2C[C@H]1C(=O)N2Cc1ccc(NC=O)cc1)C(=O)N1CCC[C@H]1C#N. The monoisotopic (exact) mass is 409 g/mol. The molecule has 0 spiro atoms. The summed E-state index contributed by atoms with van der Waals surface area (Å²) in [6.07, 6.45) is 3.07. The highest BCUT2D eigenvalue weighted by molar-refractivity contribution is 5.86. The summed E-state index contributed by atoms with van der Waals surface area (Å²) in [6, 6.07) is 9.42. The molecule has 3 heterocycles. The van der Waals surface area contributed by atoms with Crippen LogP contribution in [-0.4, -0.2) is 70.7 Å². The van der Waals surface area contributed by atoms with E-state index in [0.29, 0.717) is 26.0 Å². The molecular formula is C22H27N5O3. The zero-order valence-electron chi connectivity index (χ0n) is 17.2. The maximum absolute atomic E-state index is 12.9. The molecule has 8 nitrogen and oxygen atoms in total. The van der Waals surface area contributed by atoms with Crippen molar-refractivity contribution >= 4 is 23.9 Å². The first-order valence-corrected chi connectivity index (χ1v) is 10.6. The number of likely N-dealkylation sites (tertiary alicyclic amines) is 3. The third-order valence-corrected chi connectivity index (χ3v) is 6.54. The van der Waals surface area contributed by atoms with Crippen molar-refractivity contribution in [1.29, 1.82) is 5.26 Å². The van der Waals surface area contributed by atoms with Crippen LogP contribution in [0.1, 0.15) is 31.7 Å². The largest absolute Gasteiger partial charge is 0.333 e. The molecule has 2 bridgehead atoms. The van der Waals surface area contributed by atoms with Crippen molar-refractivity contribution in [3.63, 3.8) is 0 Å². The zero-order valence-corrected chi connectivity index (χ0v) is 17.2. The molecule has 1 N–H and O–H groups in total. The Bertz CT molecular complexity index is 865. The normalized spacial score (nSPS) is 26.7. The Kier molecular flexibility index (Phi) is 5.73. The Morgan fingerprint density at radius 2 is 2.13 bits per heavy atom. The zero-order chi connectivity index (χ0) is 21.3. The predicted molar refractivity (Wildman–Crippen MR) is 110 cm³/mol. The highest BCUT2D eigenvalue weighted by atomic mass is 16.2. The van der Waals surface area contributed by atoms with Gasteiger partial charge in [0.05, 0.1) is 12.1 Å². The molecule has 1 aromatic carbocycles. The lowest BCUT2D eigenvalue weighted by Crippen LogP contribution is -2.52. The van der Waals surface area contributed by atoms with Crippen LogP contribution in [0.25, 0.3) is 0 Å². The number of nitrogens with zero attached hydrogens (tertiary/aromatic N) is 4. The van der Waals surface area contributed by atoms with Gasteiger partial charge in [0.2, 0.25) is 18.2 Å². The number of nitrogens with one attached hydrogen (secondary N) is 1. The molecule has 0 saturated carbocycles. The number of hydrogen-bond donors (Lipinski definition) is 1. The van der Waals surface area contributed by atoms with Gasteiger partial charge in [-0.3, -0.25) is 19.3 Å². The predicted octanol–water partition coefficient (Wildman–Crippen LogP) is 1.19. The summed E-state index contributed by atoms with van der Waals surface area (Å²) >= 11 is 0. The van der Waals surface area contributed by atoms with E-state index in [1.807, 2.05) is 36.1 Å². The van der Waals surface area contributed by atoms with Crippen molar-refractivity contribution in [1.82, 2.24) is 14.7 Å². The molecule has 4 atom stereocenters. The first-order valence-electron chi connectivity index (χ1n) is 10.6. The van der Waals surface area contributed by atoms with Crippen LogP contribution in [0.4, 0.5) is 5.69 Å². The molecule has 1 aromatic rings. The van der Waals surface area contributed by atoms with Crippen molar-refractivity contribution in [2.24, 2.45) is 5.92 Å². The maximum Gasteiger partial charge on any atom is 0.240 e. The molecule has 0 aliphatic carbocycles. The van der Waals surface area contributed by atoms with E-state index < -0.39 is 0 Å². The van der Waals surface area contributed by atoms with Gasteiger partial charge in [-0.15, -0.1) is 0 Å². The van der Waals surface area contributed by atoms with Gasteiger partial charge >= 0.3 is 0 Å². The van der Waals surface area contributed by atoms with E-state index >= 15 is 0 Å². The molecule has 3 saturated heterocycles. The fourth-order valence-corrected chi connectivity index (χ4v) is 4.99. The lowest BCUT2D eigenvalue weighted by Gasteiger charge is -2.35. The van der Waals surface area contributed by atoms with Gasteiger partial charge in [0.1, 0.15) is 6.04 Å². The summed E-state index contributed by atoms with van der Waals surface area (Å²) in [6.45, 7) is 4.45. The van der Waals surface area contributed by atoms with E-state index in [0.717, 1.165) is 37.1 Å². The number of hydrogen-bond acceptors (Lipinski definition) is 5. The van der Waals surface area contributed by atoms with Gasteiger partial charge in [0.15, 0.2) is 0 Å². The summed E-state index contributed by atoms with van der Waals surface area (Å²) in [5, 5.41) is 11.8. The van der Waals surface area contributed by atoms with Crippen LogP contribution in [0.15, 0.2) is 24.3 Å². The van der Waals surface area contributed by atoms with E-state index in [9.17, 15) is 19.6 Å². The number of fused-ring (bicyclic) bond motifs is 2. The molecule has 158 valence electrons. The highest BCUT2D eigenvalue weighted by Gasteiger charge is 2.49. The second-order valence-electron chi connectivity index (χ2n) is 8.50. The average molecular weight is 409 g/mol. The highest BCUT2D eigenvalue weighted by Crippen LogP contribution is 2.34. The summed E-state index contributed by atoms with van der Waals surface area (Å²) in [5.41, 5.74) is 1.75. The topological polar surface area (TPSA) is 96.8 Å². The molecule has 0 radical (unpaired) electrons. The molecule has 30 heavy (non-hydrogen) atoms. The van der Waals surface area contributed by atoms with Crippen molar-refractivity contribution < 1.29 is 14.4 Å². The Labute approximate surface area is 176 Å². The molecule has 3 fully saturated rings. The van der Waals surface area contributed by atoms with Gasteiger partial charge in [0, 0.05) is 43.8 Å². The van der Waals surface area contributed by atoms with Crippen LogP contribution in [-0.2, 0) is 20.9 Å². The number of amides is 3. The number of rotatable bonds is 7. The van der Waals surface area contributed by atoms with Crippen LogP contribution in [0.5, 0.6) is 0 Å². The van der Waals surface area contributed by atoms with E-state index in [1.165, 1.54) is 0 Å². The summed E-state index contributed by atoms with van der Waals surface area (Å²) in [7, 11) is 0. The van der Waals surface area contributed by atoms with Gasteiger partial charge in [-0.25, -0.2) is 0 Å². The van der Waals surface area contributed by atoms with Gasteiger partial charge in [-0.1, -0.05) is 19.1 Å². The molecule has 3 amide bonds. The smallest absolute Gasteiger partial charge is 0.240 e. The van der Waals surface area contributed by atoms with Gasteiger partial charge in [-0.05, 0) is 37.0 Å². The minimum atomic E-state index is -0.305. The van der Waals surface area contributed by atoms with Crippen LogP contribution in [0.3, 0.4) is 0 Å². The lowest BCUT2D eigenvalue weighted by molar-refractivity contribution is -0.140. The van der Waals surface area contributed by atoms with Crippen molar-refractivity contribution in [2.45, 2.75) is 50.9 Å². The number of carbonyl (C=O) groups excluding carboxylic acids is 3. The first-order chi connectivity index (χ1) is 14.5. The number of anilines is 1. The van der Waals surface area contributed by atoms with Crippen LogP contribution >= 0.6 is 0 Å². The third-order valence-electron chi connectivity index (χ3n) is 6.54. The quantitative estimate of drug-likeness (QED) is 0.683. The van der Waals surface area contributed by atoms with E-state index in [1.54, 1.807) is 4.90 Å². The maximum atomic E-state index is 12.9. The Morgan fingerprint density at radius 3 is 2.80 bits per heavy atom. The van der Waals surface area contributed by atoms with E-state index in [4.69, 9.17) is 0 Å². The Morgan fingerprint density at radius 1 is 1.37 bits per heavy atom. The van der Waals surface area contributed by atoms with Crippen LogP contribution in [0, 0.1) is 17.2 Å². The number of piperazine rings is 1. The minimum Gasteiger partial charge on any atom is -0.333 e. The Balaban J connectivity index is 1.33. The Hall–Kier alpha value is -2.92. The molecule has 3 aliphatic heterocycles. The van der Waals surface area contributed by atoms with Crippen LogP contribution in [0.2, 0.25) is 0 Å². The molecule has 0 unspecified atom stereocenters. The lowest BCUT2D eigenvalue weighted by atomic mass is 10.1. The summed E-state index contributed by atoms with van der Waals surface area (Å²) < 4.78 is 0. The van der Waals surface area contributed by atoms with Gasteiger partial charge in [0.25, 0.3) is 0 Å². The second kappa shape index (κ2) is 8.44. The standard InChI is InChI=1S/C22H27N5O3/c1-15(21(29)26-8-2-3-18(26)10-23)11-25-13-19-9-20(25)22(30)27(19)12-16-4-6-17(7-5-16)24-14-28/h4-7,14-15,18-20H,2-3,8-9,11-13H2,1H3,(H,24,28)/t15-,18-,19-,20-/m0/s1. The first kappa shape index (κ1) is 20.4. The van der Waals surface area contributed by atoms with Crippen molar-refractivity contribution in [3.8, 4) is 6.07 Å². The van der Waals surface area contributed by atoms with Gasteiger partial charge < -0.3 is 15.1 Å². The molecular weight excluding hydrogens is 382 g/mol.